The van der Waals surface area contributed by atoms with Crippen molar-refractivity contribution in [2.45, 2.75) is 51.6 Å². The number of hydrogen-bond donors (Lipinski definition) is 1. The van der Waals surface area contributed by atoms with E-state index in [1.807, 2.05) is 11.0 Å². The van der Waals surface area contributed by atoms with Crippen LogP contribution in [0.25, 0.3) is 0 Å². The molecule has 2 aliphatic rings. The number of piperidine rings is 1. The Kier molecular flexibility index (Phi) is 5.66. The van der Waals surface area contributed by atoms with E-state index in [4.69, 9.17) is 0 Å². The van der Waals surface area contributed by atoms with Crippen molar-refractivity contribution in [3.05, 3.63) is 35.9 Å². The molecule has 1 N–H and O–H groups in total. The molecule has 0 radical (unpaired) electrons. The van der Waals surface area contributed by atoms with E-state index in [1.165, 1.54) is 5.56 Å². The number of amides is 2. The first-order chi connectivity index (χ1) is 12.4. The summed E-state index contributed by atoms with van der Waals surface area (Å²) in [4.78, 5) is 30.0. The van der Waals surface area contributed by atoms with Gasteiger partial charge in [0.15, 0.2) is 0 Å². The van der Waals surface area contributed by atoms with Gasteiger partial charge in [0.1, 0.15) is 11.6 Å². The first kappa shape index (κ1) is 18.9. The third-order valence-electron chi connectivity index (χ3n) is 5.71. The van der Waals surface area contributed by atoms with Crippen molar-refractivity contribution in [1.82, 2.24) is 15.1 Å². The molecule has 0 bridgehead atoms. The summed E-state index contributed by atoms with van der Waals surface area (Å²) >= 11 is 0. The van der Waals surface area contributed by atoms with Crippen LogP contribution in [0.5, 0.6) is 0 Å². The van der Waals surface area contributed by atoms with E-state index in [2.05, 4.69) is 48.3 Å². The van der Waals surface area contributed by atoms with Gasteiger partial charge < -0.3 is 15.1 Å². The number of rotatable bonds is 5. The lowest BCUT2D eigenvalue weighted by molar-refractivity contribution is -0.161. The van der Waals surface area contributed by atoms with E-state index in [9.17, 15) is 9.59 Å². The minimum atomic E-state index is -0.656. The summed E-state index contributed by atoms with van der Waals surface area (Å²) in [5, 5.41) is 2.92. The lowest BCUT2D eigenvalue weighted by atomic mass is 9.81. The van der Waals surface area contributed by atoms with Crippen molar-refractivity contribution in [2.75, 3.05) is 26.2 Å². The quantitative estimate of drug-likeness (QED) is 0.878. The molecular weight excluding hydrogens is 326 g/mol. The Morgan fingerprint density at radius 3 is 2.42 bits per heavy atom. The van der Waals surface area contributed by atoms with Gasteiger partial charge in [-0.2, -0.15) is 0 Å². The van der Waals surface area contributed by atoms with Crippen LogP contribution in [0.15, 0.2) is 30.3 Å². The molecule has 2 saturated heterocycles. The van der Waals surface area contributed by atoms with E-state index >= 15 is 0 Å². The van der Waals surface area contributed by atoms with E-state index < -0.39 is 11.6 Å². The molecular formula is C21H31N3O2. The Bertz CT molecular complexity index is 636. The lowest BCUT2D eigenvalue weighted by Gasteiger charge is -2.51. The third kappa shape index (κ3) is 3.78. The number of likely N-dealkylation sites (tertiary alicyclic amines) is 1. The van der Waals surface area contributed by atoms with Gasteiger partial charge in [0.2, 0.25) is 11.8 Å². The van der Waals surface area contributed by atoms with Gasteiger partial charge in [0.05, 0.1) is 0 Å². The van der Waals surface area contributed by atoms with Crippen molar-refractivity contribution in [3.8, 4) is 0 Å². The average Bonchev–Trinajstić information content (AvgIpc) is 2.64. The molecule has 2 fully saturated rings. The highest BCUT2D eigenvalue weighted by atomic mass is 16.2. The molecule has 2 amide bonds. The fraction of sp³-hybridized carbons (Fsp3) is 0.619. The van der Waals surface area contributed by atoms with E-state index in [0.717, 1.165) is 38.9 Å². The molecule has 0 aromatic heterocycles. The number of piperazine rings is 1. The van der Waals surface area contributed by atoms with Gasteiger partial charge in [-0.1, -0.05) is 44.2 Å². The summed E-state index contributed by atoms with van der Waals surface area (Å²) in [6.07, 6.45) is 2.46. The van der Waals surface area contributed by atoms with Crippen LogP contribution in [0.4, 0.5) is 0 Å². The second-order valence-electron chi connectivity index (χ2n) is 8.15. The largest absolute Gasteiger partial charge is 0.343 e. The summed E-state index contributed by atoms with van der Waals surface area (Å²) in [5.41, 5.74) is 0.686. The van der Waals surface area contributed by atoms with Gasteiger partial charge in [0, 0.05) is 26.2 Å². The van der Waals surface area contributed by atoms with Gasteiger partial charge in [-0.05, 0) is 37.7 Å². The van der Waals surface area contributed by atoms with Crippen molar-refractivity contribution in [3.63, 3.8) is 0 Å². The summed E-state index contributed by atoms with van der Waals surface area (Å²) < 4.78 is 0. The minimum absolute atomic E-state index is 0.0351. The highest BCUT2D eigenvalue weighted by Crippen LogP contribution is 2.33. The molecule has 5 heteroatoms. The molecule has 26 heavy (non-hydrogen) atoms. The Morgan fingerprint density at radius 1 is 1.15 bits per heavy atom. The van der Waals surface area contributed by atoms with Crippen LogP contribution in [0.1, 0.15) is 39.2 Å². The molecule has 0 aliphatic carbocycles. The van der Waals surface area contributed by atoms with E-state index in [0.29, 0.717) is 12.5 Å². The number of carbonyl (C=O) groups is 2. The predicted molar refractivity (Wildman–Crippen MR) is 103 cm³/mol. The Hall–Kier alpha value is -1.88. The monoisotopic (exact) mass is 357 g/mol. The molecule has 2 heterocycles. The van der Waals surface area contributed by atoms with Crippen LogP contribution in [-0.2, 0) is 16.0 Å². The molecule has 0 unspecified atom stereocenters. The Morgan fingerprint density at radius 2 is 1.81 bits per heavy atom. The summed E-state index contributed by atoms with van der Waals surface area (Å²) in [5.74, 6) is 0.453. The van der Waals surface area contributed by atoms with Gasteiger partial charge in [-0.25, -0.2) is 0 Å². The predicted octanol–water partition coefficient (Wildman–Crippen LogP) is 2.07. The van der Waals surface area contributed by atoms with Gasteiger partial charge in [-0.3, -0.25) is 9.59 Å². The van der Waals surface area contributed by atoms with E-state index in [1.54, 1.807) is 6.92 Å². The number of carbonyl (C=O) groups excluding carboxylic acids is 2. The summed E-state index contributed by atoms with van der Waals surface area (Å²) in [6, 6.07) is 10.1. The van der Waals surface area contributed by atoms with Gasteiger partial charge >= 0.3 is 0 Å². The molecule has 1 atom stereocenters. The van der Waals surface area contributed by atoms with Crippen molar-refractivity contribution >= 4 is 11.8 Å². The maximum atomic E-state index is 12.9. The second-order valence-corrected chi connectivity index (χ2v) is 8.15. The number of benzene rings is 1. The van der Waals surface area contributed by atoms with Crippen LogP contribution in [0.3, 0.4) is 0 Å². The lowest BCUT2D eigenvalue weighted by Crippen LogP contribution is -2.72. The standard InChI is InChI=1S/C21H31N3O2/c1-16(2)15-24-19(25)17(3)22-20(26)21(24)10-13-23(14-11-21)12-9-18-7-5-4-6-8-18/h4-8,16-17H,9-15H2,1-3H3,(H,22,26)/t17-/m0/s1. The van der Waals surface area contributed by atoms with Gasteiger partial charge in [0.25, 0.3) is 0 Å². The fourth-order valence-electron chi connectivity index (χ4n) is 4.17. The zero-order chi connectivity index (χ0) is 18.7. The SMILES string of the molecule is CC(C)CN1C(=O)[C@H](C)NC(=O)C12CCN(CCc1ccccc1)CC2. The molecule has 1 aromatic carbocycles. The Labute approximate surface area is 156 Å². The fourth-order valence-corrected chi connectivity index (χ4v) is 4.17. The topological polar surface area (TPSA) is 52.7 Å². The maximum absolute atomic E-state index is 12.9. The van der Waals surface area contributed by atoms with Crippen molar-refractivity contribution in [2.24, 2.45) is 5.92 Å². The molecule has 5 nitrogen and oxygen atoms in total. The number of nitrogens with one attached hydrogen (secondary N) is 1. The highest BCUT2D eigenvalue weighted by Gasteiger charge is 2.52. The molecule has 1 aromatic rings. The molecule has 3 rings (SSSR count). The zero-order valence-electron chi connectivity index (χ0n) is 16.2. The van der Waals surface area contributed by atoms with Crippen LogP contribution in [0, 0.1) is 5.92 Å². The molecule has 142 valence electrons. The second kappa shape index (κ2) is 7.78. The number of hydrogen-bond acceptors (Lipinski definition) is 3. The van der Waals surface area contributed by atoms with Crippen LogP contribution < -0.4 is 5.32 Å². The van der Waals surface area contributed by atoms with Crippen LogP contribution >= 0.6 is 0 Å². The molecule has 2 aliphatic heterocycles. The van der Waals surface area contributed by atoms with Crippen molar-refractivity contribution < 1.29 is 9.59 Å². The third-order valence-corrected chi connectivity index (χ3v) is 5.71. The van der Waals surface area contributed by atoms with Crippen LogP contribution in [-0.4, -0.2) is 59.4 Å². The smallest absolute Gasteiger partial charge is 0.246 e. The maximum Gasteiger partial charge on any atom is 0.246 e. The van der Waals surface area contributed by atoms with E-state index in [-0.39, 0.29) is 11.8 Å². The molecule has 1 spiro atoms. The molecule has 0 saturated carbocycles. The zero-order valence-corrected chi connectivity index (χ0v) is 16.2. The summed E-state index contributed by atoms with van der Waals surface area (Å²) in [6.45, 7) is 9.36. The van der Waals surface area contributed by atoms with Gasteiger partial charge in [-0.15, -0.1) is 0 Å². The van der Waals surface area contributed by atoms with Crippen LogP contribution in [0.2, 0.25) is 0 Å². The first-order valence-corrected chi connectivity index (χ1v) is 9.81. The highest BCUT2D eigenvalue weighted by molar-refractivity contribution is 5.99. The minimum Gasteiger partial charge on any atom is -0.343 e. The number of nitrogens with zero attached hydrogens (tertiary/aromatic N) is 2. The summed E-state index contributed by atoms with van der Waals surface area (Å²) in [7, 11) is 0. The normalized spacial score (nSPS) is 23.5. The first-order valence-electron chi connectivity index (χ1n) is 9.81. The average molecular weight is 357 g/mol. The van der Waals surface area contributed by atoms with Crippen molar-refractivity contribution in [1.29, 1.82) is 0 Å². The Balaban J connectivity index is 1.66.